The third-order valence-electron chi connectivity index (χ3n) is 2.92. The number of ether oxygens (including phenoxy) is 1. The Kier molecular flexibility index (Phi) is 4.98. The molecule has 19 heavy (non-hydrogen) atoms. The minimum atomic E-state index is 0.817. The number of hydrogen-bond acceptors (Lipinski definition) is 3. The van der Waals surface area contributed by atoms with E-state index in [1.54, 1.807) is 7.11 Å². The highest BCUT2D eigenvalue weighted by Gasteiger charge is 2.00. The SMILES string of the molecule is CCCNCc1cn(Cc2cccc(OC)c2)cn1. The summed E-state index contributed by atoms with van der Waals surface area (Å²) in [5.41, 5.74) is 2.29. The van der Waals surface area contributed by atoms with Crippen molar-refractivity contribution >= 4 is 0 Å². The summed E-state index contributed by atoms with van der Waals surface area (Å²) in [6.07, 6.45) is 5.11. The first-order chi connectivity index (χ1) is 9.31. The Balaban J connectivity index is 1.95. The Hall–Kier alpha value is -1.81. The van der Waals surface area contributed by atoms with Gasteiger partial charge in [-0.1, -0.05) is 19.1 Å². The van der Waals surface area contributed by atoms with Crippen LogP contribution < -0.4 is 10.1 Å². The summed E-state index contributed by atoms with van der Waals surface area (Å²) in [5, 5.41) is 3.35. The molecule has 1 N–H and O–H groups in total. The van der Waals surface area contributed by atoms with Gasteiger partial charge in [0.05, 0.1) is 19.1 Å². The maximum atomic E-state index is 5.23. The van der Waals surface area contributed by atoms with Crippen molar-refractivity contribution in [2.45, 2.75) is 26.4 Å². The molecule has 1 heterocycles. The molecule has 0 radical (unpaired) electrons. The largest absolute Gasteiger partial charge is 0.497 e. The van der Waals surface area contributed by atoms with Gasteiger partial charge in [-0.15, -0.1) is 0 Å². The lowest BCUT2D eigenvalue weighted by molar-refractivity contribution is 0.414. The summed E-state index contributed by atoms with van der Waals surface area (Å²) in [6.45, 7) is 4.84. The number of rotatable bonds is 7. The van der Waals surface area contributed by atoms with E-state index in [0.29, 0.717) is 0 Å². The summed E-state index contributed by atoms with van der Waals surface area (Å²) in [5.74, 6) is 0.891. The van der Waals surface area contributed by atoms with Crippen LogP contribution in [0.4, 0.5) is 0 Å². The Morgan fingerprint density at radius 3 is 3.05 bits per heavy atom. The minimum Gasteiger partial charge on any atom is -0.497 e. The van der Waals surface area contributed by atoms with E-state index in [4.69, 9.17) is 4.74 Å². The van der Waals surface area contributed by atoms with Crippen LogP contribution in [0, 0.1) is 0 Å². The van der Waals surface area contributed by atoms with Gasteiger partial charge in [0.25, 0.3) is 0 Å². The highest BCUT2D eigenvalue weighted by atomic mass is 16.5. The first-order valence-corrected chi connectivity index (χ1v) is 6.66. The number of methoxy groups -OCH3 is 1. The quantitative estimate of drug-likeness (QED) is 0.776. The molecule has 0 saturated heterocycles. The molecule has 0 aliphatic rings. The van der Waals surface area contributed by atoms with Crippen molar-refractivity contribution in [2.24, 2.45) is 0 Å². The van der Waals surface area contributed by atoms with E-state index < -0.39 is 0 Å². The number of benzene rings is 1. The predicted molar refractivity (Wildman–Crippen MR) is 76.3 cm³/mol. The van der Waals surface area contributed by atoms with Gasteiger partial charge in [-0.05, 0) is 30.7 Å². The van der Waals surface area contributed by atoms with Crippen LogP contribution in [-0.4, -0.2) is 23.2 Å². The second-order valence-electron chi connectivity index (χ2n) is 4.57. The van der Waals surface area contributed by atoms with Gasteiger partial charge in [-0.2, -0.15) is 0 Å². The van der Waals surface area contributed by atoms with Crippen molar-refractivity contribution in [2.75, 3.05) is 13.7 Å². The van der Waals surface area contributed by atoms with Crippen molar-refractivity contribution in [3.05, 3.63) is 48.0 Å². The zero-order chi connectivity index (χ0) is 13.5. The van der Waals surface area contributed by atoms with E-state index in [1.807, 2.05) is 18.5 Å². The van der Waals surface area contributed by atoms with Crippen molar-refractivity contribution in [1.82, 2.24) is 14.9 Å². The van der Waals surface area contributed by atoms with E-state index in [-0.39, 0.29) is 0 Å². The summed E-state index contributed by atoms with van der Waals surface area (Å²) in [4.78, 5) is 4.40. The van der Waals surface area contributed by atoms with Crippen LogP contribution in [0.2, 0.25) is 0 Å². The molecule has 0 spiro atoms. The molecule has 0 unspecified atom stereocenters. The molecular formula is C15H21N3O. The summed E-state index contributed by atoms with van der Waals surface area (Å²) >= 11 is 0. The fraction of sp³-hybridized carbons (Fsp3) is 0.400. The summed E-state index contributed by atoms with van der Waals surface area (Å²) in [6, 6.07) is 8.11. The molecule has 0 bridgehead atoms. The third-order valence-corrected chi connectivity index (χ3v) is 2.92. The van der Waals surface area contributed by atoms with Crippen molar-refractivity contribution < 1.29 is 4.74 Å². The zero-order valence-electron chi connectivity index (χ0n) is 11.6. The van der Waals surface area contributed by atoms with Gasteiger partial charge in [0.2, 0.25) is 0 Å². The van der Waals surface area contributed by atoms with Gasteiger partial charge in [0.15, 0.2) is 0 Å². The highest BCUT2D eigenvalue weighted by molar-refractivity contribution is 5.28. The number of hydrogen-bond donors (Lipinski definition) is 1. The van der Waals surface area contributed by atoms with Gasteiger partial charge < -0.3 is 14.6 Å². The molecule has 0 fully saturated rings. The molecule has 4 heteroatoms. The first kappa shape index (κ1) is 13.6. The number of imidazole rings is 1. The Morgan fingerprint density at radius 2 is 2.26 bits per heavy atom. The van der Waals surface area contributed by atoms with Gasteiger partial charge in [0, 0.05) is 19.3 Å². The van der Waals surface area contributed by atoms with Crippen LogP contribution >= 0.6 is 0 Å². The lowest BCUT2D eigenvalue weighted by atomic mass is 10.2. The standard InChI is InChI=1S/C15H21N3O/c1-3-7-16-9-14-11-18(12-17-14)10-13-5-4-6-15(8-13)19-2/h4-6,8,11-12,16H,3,7,9-10H2,1-2H3. The molecule has 0 aliphatic heterocycles. The van der Waals surface area contributed by atoms with E-state index >= 15 is 0 Å². The smallest absolute Gasteiger partial charge is 0.119 e. The monoisotopic (exact) mass is 259 g/mol. The van der Waals surface area contributed by atoms with Crippen LogP contribution in [0.3, 0.4) is 0 Å². The molecule has 0 aliphatic carbocycles. The Morgan fingerprint density at radius 1 is 1.37 bits per heavy atom. The van der Waals surface area contributed by atoms with Crippen molar-refractivity contribution in [1.29, 1.82) is 0 Å². The average Bonchev–Trinajstić information content (AvgIpc) is 2.87. The van der Waals surface area contributed by atoms with Crippen LogP contribution in [0.1, 0.15) is 24.6 Å². The second-order valence-corrected chi connectivity index (χ2v) is 4.57. The normalized spacial score (nSPS) is 10.6. The maximum Gasteiger partial charge on any atom is 0.119 e. The van der Waals surface area contributed by atoms with Gasteiger partial charge in [-0.3, -0.25) is 0 Å². The van der Waals surface area contributed by atoms with Crippen molar-refractivity contribution in [3.8, 4) is 5.75 Å². The first-order valence-electron chi connectivity index (χ1n) is 6.66. The molecule has 102 valence electrons. The van der Waals surface area contributed by atoms with Crippen LogP contribution in [0.5, 0.6) is 5.75 Å². The molecule has 4 nitrogen and oxygen atoms in total. The molecule has 0 amide bonds. The maximum absolute atomic E-state index is 5.23. The number of nitrogens with one attached hydrogen (secondary N) is 1. The molecule has 2 aromatic rings. The summed E-state index contributed by atoms with van der Waals surface area (Å²) < 4.78 is 7.32. The zero-order valence-corrected chi connectivity index (χ0v) is 11.6. The molecule has 0 atom stereocenters. The van der Waals surface area contributed by atoms with Crippen LogP contribution in [-0.2, 0) is 13.1 Å². The lowest BCUT2D eigenvalue weighted by Gasteiger charge is -2.05. The van der Waals surface area contributed by atoms with Gasteiger partial charge in [0.1, 0.15) is 5.75 Å². The summed E-state index contributed by atoms with van der Waals surface area (Å²) in [7, 11) is 1.69. The second kappa shape index (κ2) is 6.95. The average molecular weight is 259 g/mol. The van der Waals surface area contributed by atoms with Crippen molar-refractivity contribution in [3.63, 3.8) is 0 Å². The van der Waals surface area contributed by atoms with E-state index in [9.17, 15) is 0 Å². The Bertz CT molecular complexity index is 508. The van der Waals surface area contributed by atoms with E-state index in [2.05, 4.69) is 40.1 Å². The third kappa shape index (κ3) is 4.10. The molecule has 1 aromatic carbocycles. The number of aromatic nitrogens is 2. The topological polar surface area (TPSA) is 39.1 Å². The highest BCUT2D eigenvalue weighted by Crippen LogP contribution is 2.13. The fourth-order valence-electron chi connectivity index (χ4n) is 1.96. The molecule has 0 saturated carbocycles. The lowest BCUT2D eigenvalue weighted by Crippen LogP contribution is -2.13. The molecule has 2 rings (SSSR count). The minimum absolute atomic E-state index is 0.817. The molecule has 1 aromatic heterocycles. The molecular weight excluding hydrogens is 238 g/mol. The van der Waals surface area contributed by atoms with E-state index in [1.165, 1.54) is 5.56 Å². The number of nitrogens with zero attached hydrogens (tertiary/aromatic N) is 2. The van der Waals surface area contributed by atoms with Gasteiger partial charge >= 0.3 is 0 Å². The Labute approximate surface area is 114 Å². The van der Waals surface area contributed by atoms with Crippen LogP contribution in [0.15, 0.2) is 36.8 Å². The van der Waals surface area contributed by atoms with E-state index in [0.717, 1.165) is 37.5 Å². The fourth-order valence-corrected chi connectivity index (χ4v) is 1.96. The van der Waals surface area contributed by atoms with Crippen LogP contribution in [0.25, 0.3) is 0 Å². The predicted octanol–water partition coefficient (Wildman–Crippen LogP) is 2.44. The van der Waals surface area contributed by atoms with Gasteiger partial charge in [-0.25, -0.2) is 4.98 Å².